The minimum atomic E-state index is -0.621. The second-order valence-corrected chi connectivity index (χ2v) is 8.26. The molecule has 7 nitrogen and oxygen atoms in total. The van der Waals surface area contributed by atoms with Gasteiger partial charge in [0.05, 0.1) is 11.8 Å². The van der Waals surface area contributed by atoms with Crippen LogP contribution in [0, 0.1) is 17.7 Å². The van der Waals surface area contributed by atoms with Crippen LogP contribution in [0.2, 0.25) is 0 Å². The van der Waals surface area contributed by atoms with Crippen molar-refractivity contribution in [2.24, 2.45) is 11.8 Å². The van der Waals surface area contributed by atoms with Crippen LogP contribution in [0.25, 0.3) is 11.4 Å². The highest BCUT2D eigenvalue weighted by Gasteiger charge is 2.44. The number of aromatic amines is 1. The lowest BCUT2D eigenvalue weighted by Gasteiger charge is -2.35. The van der Waals surface area contributed by atoms with E-state index in [4.69, 9.17) is 4.74 Å². The van der Waals surface area contributed by atoms with Crippen LogP contribution in [0.5, 0.6) is 5.75 Å². The summed E-state index contributed by atoms with van der Waals surface area (Å²) in [6.45, 7) is 1.21. The van der Waals surface area contributed by atoms with Gasteiger partial charge in [0.25, 0.3) is 5.91 Å². The summed E-state index contributed by atoms with van der Waals surface area (Å²) in [5, 5.41) is 17.6. The third kappa shape index (κ3) is 4.03. The number of amides is 1. The number of rotatable bonds is 4. The molecule has 160 valence electrons. The maximum atomic E-state index is 13.1. The number of pyridine rings is 1. The summed E-state index contributed by atoms with van der Waals surface area (Å²) in [6.07, 6.45) is 1.92. The van der Waals surface area contributed by atoms with Gasteiger partial charge in [-0.05, 0) is 67.1 Å². The first-order valence-electron chi connectivity index (χ1n) is 10.4. The molecule has 5 rings (SSSR count). The lowest BCUT2D eigenvalue weighted by atomic mass is 9.78. The number of fused-ring (bicyclic) bond motifs is 1. The topological polar surface area (TPSA) is 91.3 Å². The van der Waals surface area contributed by atoms with E-state index in [1.165, 1.54) is 12.1 Å². The zero-order valence-corrected chi connectivity index (χ0v) is 16.8. The van der Waals surface area contributed by atoms with Crippen molar-refractivity contribution in [3.8, 4) is 17.1 Å². The van der Waals surface area contributed by atoms with Gasteiger partial charge >= 0.3 is 0 Å². The third-order valence-electron chi connectivity index (χ3n) is 6.21. The van der Waals surface area contributed by atoms with Crippen molar-refractivity contribution in [3.05, 3.63) is 66.2 Å². The molecule has 4 atom stereocenters. The van der Waals surface area contributed by atoms with Gasteiger partial charge in [-0.2, -0.15) is 5.10 Å². The van der Waals surface area contributed by atoms with Crippen LogP contribution in [0.4, 0.5) is 4.39 Å². The van der Waals surface area contributed by atoms with Gasteiger partial charge in [0.1, 0.15) is 29.1 Å². The molecule has 0 unspecified atom stereocenters. The van der Waals surface area contributed by atoms with Crippen molar-refractivity contribution >= 4 is 5.91 Å². The molecule has 3 heterocycles. The minimum absolute atomic E-state index is 0.102. The van der Waals surface area contributed by atoms with Gasteiger partial charge < -0.3 is 14.7 Å². The monoisotopic (exact) mass is 422 g/mol. The van der Waals surface area contributed by atoms with Crippen molar-refractivity contribution in [2.75, 3.05) is 13.1 Å². The van der Waals surface area contributed by atoms with Crippen LogP contribution in [-0.2, 0) is 0 Å². The Morgan fingerprint density at radius 1 is 1.10 bits per heavy atom. The van der Waals surface area contributed by atoms with Gasteiger partial charge in [-0.1, -0.05) is 6.07 Å². The summed E-state index contributed by atoms with van der Waals surface area (Å²) < 4.78 is 19.0. The Labute approximate surface area is 178 Å². The minimum Gasteiger partial charge on any atom is -0.488 e. The first kappa shape index (κ1) is 19.7. The summed E-state index contributed by atoms with van der Waals surface area (Å²) in [7, 11) is 0. The first-order chi connectivity index (χ1) is 15.1. The molecule has 1 saturated heterocycles. The molecule has 1 saturated carbocycles. The van der Waals surface area contributed by atoms with Gasteiger partial charge in [-0.3, -0.25) is 14.9 Å². The molecule has 2 aromatic heterocycles. The number of aromatic nitrogens is 3. The highest BCUT2D eigenvalue weighted by molar-refractivity contribution is 5.93. The fraction of sp³-hybridized carbons (Fsp3) is 0.348. The zero-order chi connectivity index (χ0) is 21.4. The number of halogens is 1. The number of benzene rings is 1. The van der Waals surface area contributed by atoms with E-state index in [9.17, 15) is 14.3 Å². The second kappa shape index (κ2) is 8.11. The fourth-order valence-electron chi connectivity index (χ4n) is 4.62. The molecule has 1 aromatic carbocycles. The Morgan fingerprint density at radius 3 is 2.61 bits per heavy atom. The largest absolute Gasteiger partial charge is 0.488 e. The Hall–Kier alpha value is -3.26. The Bertz CT molecular complexity index is 1060. The van der Waals surface area contributed by atoms with Gasteiger partial charge in [-0.25, -0.2) is 4.39 Å². The summed E-state index contributed by atoms with van der Waals surface area (Å²) in [5.74, 6) is 0.580. The van der Waals surface area contributed by atoms with Crippen molar-refractivity contribution in [2.45, 2.75) is 25.0 Å². The summed E-state index contributed by atoms with van der Waals surface area (Å²) >= 11 is 0. The van der Waals surface area contributed by atoms with Crippen LogP contribution < -0.4 is 4.74 Å². The lowest BCUT2D eigenvalue weighted by Crippen LogP contribution is -2.42. The average Bonchev–Trinajstić information content (AvgIpc) is 3.43. The molecular weight excluding hydrogens is 399 g/mol. The number of nitrogens with one attached hydrogen (secondary N) is 1. The molecule has 1 aliphatic heterocycles. The van der Waals surface area contributed by atoms with E-state index in [2.05, 4.69) is 15.2 Å². The molecule has 31 heavy (non-hydrogen) atoms. The number of ether oxygens (including phenoxy) is 1. The number of hydrogen-bond donors (Lipinski definition) is 2. The molecule has 0 spiro atoms. The Balaban J connectivity index is 1.24. The first-order valence-corrected chi connectivity index (χ1v) is 10.4. The molecule has 3 aromatic rings. The molecule has 8 heteroatoms. The van der Waals surface area contributed by atoms with Gasteiger partial charge in [0.15, 0.2) is 0 Å². The van der Waals surface area contributed by atoms with Crippen LogP contribution in [0.3, 0.4) is 0 Å². The number of hydrogen-bond acceptors (Lipinski definition) is 5. The summed E-state index contributed by atoms with van der Waals surface area (Å²) in [6, 6.07) is 13.1. The molecule has 0 radical (unpaired) electrons. The van der Waals surface area contributed by atoms with E-state index in [0.717, 1.165) is 0 Å². The average molecular weight is 422 g/mol. The smallest absolute Gasteiger partial charge is 0.271 e. The lowest BCUT2D eigenvalue weighted by molar-refractivity contribution is -0.0231. The molecule has 2 N–H and O–H groups in total. The van der Waals surface area contributed by atoms with Crippen LogP contribution in [-0.4, -0.2) is 56.4 Å². The highest BCUT2D eigenvalue weighted by Crippen LogP contribution is 2.38. The molecule has 2 aliphatic rings. The summed E-state index contributed by atoms with van der Waals surface area (Å²) in [4.78, 5) is 19.1. The second-order valence-electron chi connectivity index (χ2n) is 8.26. The number of likely N-dealkylation sites (tertiary alicyclic amines) is 1. The van der Waals surface area contributed by atoms with Crippen LogP contribution in [0.15, 0.2) is 54.7 Å². The molecular formula is C23H23FN4O3. The molecule has 1 amide bonds. The van der Waals surface area contributed by atoms with Gasteiger partial charge in [-0.15, -0.1) is 0 Å². The summed E-state index contributed by atoms with van der Waals surface area (Å²) in [5.41, 5.74) is 1.76. The van der Waals surface area contributed by atoms with Crippen molar-refractivity contribution in [1.29, 1.82) is 0 Å². The molecule has 0 bridgehead atoms. The predicted molar refractivity (Wildman–Crippen MR) is 111 cm³/mol. The molecule has 1 aliphatic carbocycles. The molecule has 2 fully saturated rings. The van der Waals surface area contributed by atoms with Crippen LogP contribution >= 0.6 is 0 Å². The normalized spacial score (nSPS) is 25.3. The van der Waals surface area contributed by atoms with E-state index in [0.29, 0.717) is 48.8 Å². The number of aliphatic hydroxyl groups is 1. The maximum Gasteiger partial charge on any atom is 0.271 e. The quantitative estimate of drug-likeness (QED) is 0.675. The van der Waals surface area contributed by atoms with Crippen molar-refractivity contribution in [1.82, 2.24) is 20.1 Å². The zero-order valence-electron chi connectivity index (χ0n) is 16.8. The van der Waals surface area contributed by atoms with E-state index in [1.807, 2.05) is 23.1 Å². The number of aliphatic hydroxyl groups excluding tert-OH is 1. The van der Waals surface area contributed by atoms with Gasteiger partial charge in [0.2, 0.25) is 0 Å². The predicted octanol–water partition coefficient (Wildman–Crippen LogP) is 2.90. The van der Waals surface area contributed by atoms with Crippen molar-refractivity contribution < 1.29 is 19.0 Å². The Kier molecular flexibility index (Phi) is 5.15. The number of carbonyl (C=O) groups is 1. The maximum absolute atomic E-state index is 13.1. The highest BCUT2D eigenvalue weighted by atomic mass is 19.1. The van der Waals surface area contributed by atoms with E-state index in [1.54, 1.807) is 24.4 Å². The SMILES string of the molecule is O=C(c1cc(-c2ccccn2)n[nH]1)N1C[C@H]2C[C@@H](Oc3ccc(F)cc3)[C@H](O)C[C@H]2C1. The van der Waals surface area contributed by atoms with E-state index >= 15 is 0 Å². The number of nitrogens with zero attached hydrogens (tertiary/aromatic N) is 3. The number of carbonyl (C=O) groups excluding carboxylic acids is 1. The standard InChI is InChI=1S/C23H23FN4O3/c24-16-4-6-17(7-5-16)31-22-10-15-13-28(12-14(15)9-21(22)29)23(30)20-11-19(26-27-20)18-3-1-2-8-25-18/h1-8,11,14-15,21-22,29H,9-10,12-13H2,(H,26,27)/t14-,15+,21+,22+/m0/s1. The fourth-order valence-corrected chi connectivity index (χ4v) is 4.62. The van der Waals surface area contributed by atoms with E-state index in [-0.39, 0.29) is 29.7 Å². The Morgan fingerprint density at radius 2 is 1.87 bits per heavy atom. The van der Waals surface area contributed by atoms with Gasteiger partial charge in [0, 0.05) is 19.3 Å². The van der Waals surface area contributed by atoms with Crippen LogP contribution in [0.1, 0.15) is 23.3 Å². The van der Waals surface area contributed by atoms with E-state index < -0.39 is 6.10 Å². The number of H-pyrrole nitrogens is 1. The third-order valence-corrected chi connectivity index (χ3v) is 6.21. The van der Waals surface area contributed by atoms with Crippen molar-refractivity contribution in [3.63, 3.8) is 0 Å².